The zero-order valence-corrected chi connectivity index (χ0v) is 8.68. The van der Waals surface area contributed by atoms with Crippen LogP contribution in [0, 0.1) is 0 Å². The molecule has 1 saturated heterocycles. The minimum atomic E-state index is -0.554. The Labute approximate surface area is 89.0 Å². The van der Waals surface area contributed by atoms with Gasteiger partial charge in [0.25, 0.3) is 0 Å². The number of hydrogen-bond acceptors (Lipinski definition) is 3. The molecular formula is C12H14O3. The van der Waals surface area contributed by atoms with Crippen molar-refractivity contribution in [3.63, 3.8) is 0 Å². The fourth-order valence-electron chi connectivity index (χ4n) is 1.74. The largest absolute Gasteiger partial charge is 0.509 e. The molecule has 0 N–H and O–H groups in total. The van der Waals surface area contributed by atoms with E-state index in [1.165, 1.54) is 0 Å². The van der Waals surface area contributed by atoms with Gasteiger partial charge in [0.15, 0.2) is 0 Å². The summed E-state index contributed by atoms with van der Waals surface area (Å²) in [6.07, 6.45) is 0.848. The minimum absolute atomic E-state index is 0.0172. The summed E-state index contributed by atoms with van der Waals surface area (Å²) in [5, 5.41) is 0. The average Bonchev–Trinajstić information content (AvgIpc) is 2.29. The first-order chi connectivity index (χ1) is 7.29. The Morgan fingerprint density at radius 3 is 2.67 bits per heavy atom. The van der Waals surface area contributed by atoms with E-state index >= 15 is 0 Å². The number of ether oxygens (including phenoxy) is 2. The second kappa shape index (κ2) is 4.34. The highest BCUT2D eigenvalue weighted by atomic mass is 16.7. The van der Waals surface area contributed by atoms with Gasteiger partial charge in [-0.2, -0.15) is 0 Å². The van der Waals surface area contributed by atoms with Gasteiger partial charge in [0.2, 0.25) is 0 Å². The van der Waals surface area contributed by atoms with Gasteiger partial charge < -0.3 is 9.47 Å². The van der Waals surface area contributed by atoms with E-state index in [0.717, 1.165) is 18.4 Å². The number of carbonyl (C=O) groups is 1. The fourth-order valence-corrected chi connectivity index (χ4v) is 1.74. The van der Waals surface area contributed by atoms with Crippen molar-refractivity contribution in [1.82, 2.24) is 0 Å². The van der Waals surface area contributed by atoms with Gasteiger partial charge in [-0.3, -0.25) is 0 Å². The molecule has 0 amide bonds. The molecule has 0 aliphatic carbocycles. The summed E-state index contributed by atoms with van der Waals surface area (Å²) >= 11 is 0. The molecule has 1 aliphatic rings. The molecule has 1 aromatic rings. The Kier molecular flexibility index (Phi) is 2.90. The summed E-state index contributed by atoms with van der Waals surface area (Å²) in [4.78, 5) is 11.2. The lowest BCUT2D eigenvalue weighted by Gasteiger charge is -2.28. The van der Waals surface area contributed by atoms with Crippen molar-refractivity contribution < 1.29 is 14.3 Å². The maximum absolute atomic E-state index is 11.2. The highest BCUT2D eigenvalue weighted by molar-refractivity contribution is 5.61. The van der Waals surface area contributed by atoms with E-state index in [2.05, 4.69) is 0 Å². The molecule has 2 atom stereocenters. The first-order valence-electron chi connectivity index (χ1n) is 5.21. The Morgan fingerprint density at radius 1 is 1.27 bits per heavy atom. The fraction of sp³-hybridized carbons (Fsp3) is 0.417. The molecule has 15 heavy (non-hydrogen) atoms. The lowest BCUT2D eigenvalue weighted by molar-refractivity contribution is -0.0619. The van der Waals surface area contributed by atoms with Gasteiger partial charge in [-0.1, -0.05) is 37.3 Å². The van der Waals surface area contributed by atoms with E-state index in [-0.39, 0.29) is 12.2 Å². The summed E-state index contributed by atoms with van der Waals surface area (Å²) in [6.45, 7) is 2.01. The minimum Gasteiger partial charge on any atom is -0.431 e. The summed E-state index contributed by atoms with van der Waals surface area (Å²) in [7, 11) is 0. The van der Waals surface area contributed by atoms with Crippen molar-refractivity contribution in [3.8, 4) is 0 Å². The SMILES string of the molecule is CCC1C[C@@H](c2ccccc2)OC(=O)O1. The second-order valence-corrected chi connectivity index (χ2v) is 3.65. The normalized spacial score (nSPS) is 25.5. The monoisotopic (exact) mass is 206 g/mol. The Morgan fingerprint density at radius 2 is 2.00 bits per heavy atom. The Bertz CT molecular complexity index is 334. The Hall–Kier alpha value is -1.51. The first-order valence-corrected chi connectivity index (χ1v) is 5.21. The van der Waals surface area contributed by atoms with Gasteiger partial charge in [0, 0.05) is 6.42 Å². The molecule has 3 heteroatoms. The van der Waals surface area contributed by atoms with Crippen LogP contribution < -0.4 is 0 Å². The van der Waals surface area contributed by atoms with Gasteiger partial charge in [-0.05, 0) is 12.0 Å². The van der Waals surface area contributed by atoms with Gasteiger partial charge in [-0.15, -0.1) is 0 Å². The van der Waals surface area contributed by atoms with Crippen LogP contribution in [0.25, 0.3) is 0 Å². The number of carbonyl (C=O) groups excluding carboxylic acids is 1. The van der Waals surface area contributed by atoms with Crippen molar-refractivity contribution in [1.29, 1.82) is 0 Å². The molecule has 0 spiro atoms. The first kappa shape index (κ1) is 10.0. The molecule has 0 saturated carbocycles. The third-order valence-electron chi connectivity index (χ3n) is 2.61. The molecule has 3 nitrogen and oxygen atoms in total. The predicted molar refractivity (Wildman–Crippen MR) is 55.4 cm³/mol. The van der Waals surface area contributed by atoms with Gasteiger partial charge in [-0.25, -0.2) is 4.79 Å². The molecule has 2 rings (SSSR count). The number of cyclic esters (lactones) is 2. The molecule has 0 bridgehead atoms. The number of benzene rings is 1. The van der Waals surface area contributed by atoms with E-state index in [1.54, 1.807) is 0 Å². The zero-order valence-electron chi connectivity index (χ0n) is 8.68. The molecule has 80 valence electrons. The van der Waals surface area contributed by atoms with Crippen LogP contribution in [-0.4, -0.2) is 12.3 Å². The molecule has 1 aliphatic heterocycles. The van der Waals surface area contributed by atoms with Crippen molar-refractivity contribution >= 4 is 6.16 Å². The molecule has 1 fully saturated rings. The van der Waals surface area contributed by atoms with E-state index < -0.39 is 6.16 Å². The molecule has 0 aromatic heterocycles. The number of rotatable bonds is 2. The smallest absolute Gasteiger partial charge is 0.431 e. The standard InChI is InChI=1S/C12H14O3/c1-2-10-8-11(15-12(13)14-10)9-6-4-3-5-7-9/h3-7,10-11H,2,8H2,1H3/t10?,11-/m0/s1. The lowest BCUT2D eigenvalue weighted by Crippen LogP contribution is -2.29. The molecule has 0 radical (unpaired) electrons. The third-order valence-corrected chi connectivity index (χ3v) is 2.61. The van der Waals surface area contributed by atoms with Crippen molar-refractivity contribution in [2.24, 2.45) is 0 Å². The van der Waals surface area contributed by atoms with Crippen LogP contribution in [0.15, 0.2) is 30.3 Å². The van der Waals surface area contributed by atoms with Crippen LogP contribution in [-0.2, 0) is 9.47 Å². The quantitative estimate of drug-likeness (QED) is 0.697. The highest BCUT2D eigenvalue weighted by Crippen LogP contribution is 2.29. The van der Waals surface area contributed by atoms with E-state index in [1.807, 2.05) is 37.3 Å². The zero-order chi connectivity index (χ0) is 10.7. The van der Waals surface area contributed by atoms with Crippen LogP contribution in [0.2, 0.25) is 0 Å². The number of hydrogen-bond donors (Lipinski definition) is 0. The summed E-state index contributed by atoms with van der Waals surface area (Å²) < 4.78 is 10.2. The summed E-state index contributed by atoms with van der Waals surface area (Å²) in [5.74, 6) is 0. The molecular weight excluding hydrogens is 192 g/mol. The van der Waals surface area contributed by atoms with Crippen LogP contribution in [0.3, 0.4) is 0 Å². The summed E-state index contributed by atoms with van der Waals surface area (Å²) in [5.41, 5.74) is 1.03. The predicted octanol–water partition coefficient (Wildman–Crippen LogP) is 3.06. The molecule has 1 heterocycles. The molecule has 1 aromatic carbocycles. The second-order valence-electron chi connectivity index (χ2n) is 3.65. The van der Waals surface area contributed by atoms with Gasteiger partial charge in [0.1, 0.15) is 12.2 Å². The van der Waals surface area contributed by atoms with Crippen molar-refractivity contribution in [3.05, 3.63) is 35.9 Å². The molecule has 1 unspecified atom stereocenters. The van der Waals surface area contributed by atoms with Crippen molar-refractivity contribution in [2.75, 3.05) is 0 Å². The van der Waals surface area contributed by atoms with Crippen molar-refractivity contribution in [2.45, 2.75) is 32.0 Å². The maximum atomic E-state index is 11.2. The maximum Gasteiger partial charge on any atom is 0.509 e. The average molecular weight is 206 g/mol. The Balaban J connectivity index is 2.12. The van der Waals surface area contributed by atoms with Crippen LogP contribution >= 0.6 is 0 Å². The lowest BCUT2D eigenvalue weighted by atomic mass is 10.0. The van der Waals surface area contributed by atoms with E-state index in [9.17, 15) is 4.79 Å². The van der Waals surface area contributed by atoms with Crippen LogP contribution in [0.1, 0.15) is 31.4 Å². The third kappa shape index (κ3) is 2.29. The van der Waals surface area contributed by atoms with Gasteiger partial charge >= 0.3 is 6.16 Å². The topological polar surface area (TPSA) is 35.5 Å². The highest BCUT2D eigenvalue weighted by Gasteiger charge is 2.29. The van der Waals surface area contributed by atoms with Crippen LogP contribution in [0.4, 0.5) is 4.79 Å². The van der Waals surface area contributed by atoms with E-state index in [4.69, 9.17) is 9.47 Å². The van der Waals surface area contributed by atoms with Gasteiger partial charge in [0.05, 0.1) is 0 Å². The van der Waals surface area contributed by atoms with Crippen LogP contribution in [0.5, 0.6) is 0 Å². The van der Waals surface area contributed by atoms with E-state index in [0.29, 0.717) is 0 Å². The summed E-state index contributed by atoms with van der Waals surface area (Å²) in [6, 6.07) is 9.77.